The summed E-state index contributed by atoms with van der Waals surface area (Å²) in [5.41, 5.74) is 3.71. The lowest BCUT2D eigenvalue weighted by Crippen LogP contribution is -2.37. The quantitative estimate of drug-likeness (QED) is 0.0527. The number of amides is 2. The number of carboxylic acids is 2. The first-order valence-corrected chi connectivity index (χ1v) is 20.6. The van der Waals surface area contributed by atoms with Crippen LogP contribution in [0.4, 0.5) is 9.59 Å². The Morgan fingerprint density at radius 1 is 0.625 bits per heavy atom. The zero-order chi connectivity index (χ0) is 45.9. The van der Waals surface area contributed by atoms with Crippen LogP contribution in [0, 0.1) is 13.8 Å². The van der Waals surface area contributed by atoms with E-state index in [-0.39, 0.29) is 26.3 Å². The Morgan fingerprint density at radius 3 is 1.53 bits per heavy atom. The van der Waals surface area contributed by atoms with Gasteiger partial charge in [-0.05, 0) is 113 Å². The van der Waals surface area contributed by atoms with Crippen molar-refractivity contribution in [3.05, 3.63) is 143 Å². The second-order valence-corrected chi connectivity index (χ2v) is 14.9. The predicted octanol–water partition coefficient (Wildman–Crippen LogP) is 8.72. The normalized spacial score (nSPS) is 10.8. The summed E-state index contributed by atoms with van der Waals surface area (Å²) < 4.78 is 32.6. The van der Waals surface area contributed by atoms with E-state index in [1.54, 1.807) is 48.5 Å². The van der Waals surface area contributed by atoms with Gasteiger partial charge in [-0.3, -0.25) is 0 Å². The Bertz CT molecular complexity index is 2450. The number of aromatic nitrogens is 2. The Labute approximate surface area is 370 Å². The SMILES string of the molecule is Cc1oc(-c2ccccc2)nc1CCCOC(=O)NCc1cccc(OC(C)(C)C(=O)O)c1.Cc1oc(-c2ccccc2)nc1CCCOC(=O)NCc1cccc(OCC(=O)O)c1. The van der Waals surface area contributed by atoms with Crippen LogP contribution in [-0.2, 0) is 45.0 Å². The van der Waals surface area contributed by atoms with Crippen LogP contribution in [-0.4, -0.2) is 69.7 Å². The Kier molecular flexibility index (Phi) is 17.5. The summed E-state index contributed by atoms with van der Waals surface area (Å²) in [6, 6.07) is 33.1. The molecule has 0 unspecified atom stereocenters. The molecule has 6 aromatic rings. The van der Waals surface area contributed by atoms with Crippen molar-refractivity contribution in [1.82, 2.24) is 20.6 Å². The molecule has 4 N–H and O–H groups in total. The van der Waals surface area contributed by atoms with Gasteiger partial charge in [-0.1, -0.05) is 60.7 Å². The summed E-state index contributed by atoms with van der Waals surface area (Å²) in [4.78, 5) is 54.8. The minimum atomic E-state index is -1.35. The highest BCUT2D eigenvalue weighted by Gasteiger charge is 2.29. The maximum Gasteiger partial charge on any atom is 0.407 e. The lowest BCUT2D eigenvalue weighted by atomic mass is 10.1. The Morgan fingerprint density at radius 2 is 1.08 bits per heavy atom. The van der Waals surface area contributed by atoms with Gasteiger partial charge in [0, 0.05) is 24.2 Å². The van der Waals surface area contributed by atoms with E-state index in [9.17, 15) is 24.3 Å². The largest absolute Gasteiger partial charge is 0.482 e. The van der Waals surface area contributed by atoms with E-state index in [1.165, 1.54) is 13.8 Å². The molecule has 0 bridgehead atoms. The number of carboxylic acid groups (broad SMARTS) is 2. The second-order valence-electron chi connectivity index (χ2n) is 14.9. The highest BCUT2D eigenvalue weighted by atomic mass is 16.6. The first-order valence-electron chi connectivity index (χ1n) is 20.6. The number of aliphatic carboxylic acids is 2. The Hall–Kier alpha value is -7.62. The molecule has 16 heteroatoms. The molecule has 0 aliphatic rings. The van der Waals surface area contributed by atoms with Crippen LogP contribution in [0.3, 0.4) is 0 Å². The van der Waals surface area contributed by atoms with E-state index in [4.69, 9.17) is 32.9 Å². The maximum atomic E-state index is 12.0. The van der Waals surface area contributed by atoms with Crippen LogP contribution in [0.5, 0.6) is 11.5 Å². The van der Waals surface area contributed by atoms with E-state index in [0.717, 1.165) is 45.2 Å². The smallest absolute Gasteiger partial charge is 0.407 e. The summed E-state index contributed by atoms with van der Waals surface area (Å²) in [5, 5.41) is 23.2. The number of aryl methyl sites for hydroxylation is 4. The van der Waals surface area contributed by atoms with Crippen molar-refractivity contribution < 1.29 is 57.2 Å². The molecule has 0 aliphatic carbocycles. The van der Waals surface area contributed by atoms with Crippen LogP contribution < -0.4 is 20.1 Å². The fraction of sp³-hybridized carbons (Fsp3) is 0.292. The van der Waals surface area contributed by atoms with Gasteiger partial charge < -0.3 is 48.6 Å². The molecule has 6 rings (SSSR count). The molecular formula is C48H52N4O12. The van der Waals surface area contributed by atoms with Gasteiger partial charge in [-0.15, -0.1) is 0 Å². The van der Waals surface area contributed by atoms with Crippen LogP contribution in [0.1, 0.15) is 60.7 Å². The van der Waals surface area contributed by atoms with Crippen LogP contribution in [0.15, 0.2) is 118 Å². The summed E-state index contributed by atoms with van der Waals surface area (Å²) >= 11 is 0. The van der Waals surface area contributed by atoms with Crippen LogP contribution >= 0.6 is 0 Å². The third-order valence-corrected chi connectivity index (χ3v) is 9.33. The average Bonchev–Trinajstić information content (AvgIpc) is 3.86. The average molecular weight is 877 g/mol. The number of rotatable bonds is 20. The van der Waals surface area contributed by atoms with Gasteiger partial charge in [0.25, 0.3) is 0 Å². The molecule has 2 amide bonds. The van der Waals surface area contributed by atoms with E-state index in [2.05, 4.69) is 20.6 Å². The molecule has 0 saturated heterocycles. The highest BCUT2D eigenvalue weighted by Crippen LogP contribution is 2.24. The zero-order valence-electron chi connectivity index (χ0n) is 36.1. The number of carbonyl (C=O) groups excluding carboxylic acids is 2. The van der Waals surface area contributed by atoms with Crippen molar-refractivity contribution in [2.75, 3.05) is 19.8 Å². The molecule has 2 heterocycles. The molecule has 64 heavy (non-hydrogen) atoms. The summed E-state index contributed by atoms with van der Waals surface area (Å²) in [5.74, 6) is 1.40. The standard InChI is InChI=1S/C25H28N2O6.C23H24N2O6/c1-17-21(27-22(32-17)19-10-5-4-6-11-19)13-8-14-31-24(30)26-16-18-9-7-12-20(15-18)33-25(2,3)23(28)29;1-16-20(25-22(31-16)18-8-3-2-4-9-18)11-6-12-29-23(28)24-14-17-7-5-10-19(13-17)30-15-21(26)27/h4-7,9-12,15H,8,13-14,16H2,1-3H3,(H,26,30)(H,28,29);2-5,7-10,13H,6,11-12,14-15H2,1H3,(H,24,28)(H,26,27). The van der Waals surface area contributed by atoms with Crippen molar-refractivity contribution in [1.29, 1.82) is 0 Å². The number of hydrogen-bond donors (Lipinski definition) is 4. The molecule has 0 radical (unpaired) electrons. The lowest BCUT2D eigenvalue weighted by Gasteiger charge is -2.21. The van der Waals surface area contributed by atoms with Crippen molar-refractivity contribution in [2.24, 2.45) is 0 Å². The summed E-state index contributed by atoms with van der Waals surface area (Å²) in [7, 11) is 0. The number of hydrogen-bond acceptors (Lipinski definition) is 12. The van der Waals surface area contributed by atoms with Crippen molar-refractivity contribution in [3.63, 3.8) is 0 Å². The monoisotopic (exact) mass is 876 g/mol. The predicted molar refractivity (Wildman–Crippen MR) is 235 cm³/mol. The third kappa shape index (κ3) is 15.4. The number of alkyl carbamates (subject to hydrolysis) is 2. The van der Waals surface area contributed by atoms with Gasteiger partial charge in [0.05, 0.1) is 24.6 Å². The number of nitrogens with zero attached hydrogens (tertiary/aromatic N) is 2. The van der Waals surface area contributed by atoms with Gasteiger partial charge in [0.15, 0.2) is 12.2 Å². The number of oxazole rings is 2. The van der Waals surface area contributed by atoms with Crippen LogP contribution in [0.25, 0.3) is 22.9 Å². The first kappa shape index (κ1) is 47.4. The topological polar surface area (TPSA) is 222 Å². The zero-order valence-corrected chi connectivity index (χ0v) is 36.1. The minimum absolute atomic E-state index is 0.229. The molecule has 0 saturated carbocycles. The second kappa shape index (κ2) is 23.6. The maximum absolute atomic E-state index is 12.0. The van der Waals surface area contributed by atoms with E-state index >= 15 is 0 Å². The summed E-state index contributed by atoms with van der Waals surface area (Å²) in [6.45, 7) is 7.24. The molecule has 336 valence electrons. The third-order valence-electron chi connectivity index (χ3n) is 9.33. The Balaban J connectivity index is 0.000000241. The van der Waals surface area contributed by atoms with Gasteiger partial charge in [0.2, 0.25) is 11.8 Å². The molecule has 4 aromatic carbocycles. The molecular weight excluding hydrogens is 825 g/mol. The number of ether oxygens (including phenoxy) is 4. The number of benzene rings is 4. The molecule has 0 spiro atoms. The molecule has 0 fully saturated rings. The van der Waals surface area contributed by atoms with E-state index in [0.29, 0.717) is 49.0 Å². The molecule has 2 aromatic heterocycles. The van der Waals surface area contributed by atoms with Crippen LogP contribution in [0.2, 0.25) is 0 Å². The van der Waals surface area contributed by atoms with E-state index in [1.807, 2.05) is 74.5 Å². The van der Waals surface area contributed by atoms with Gasteiger partial charge in [0.1, 0.15) is 23.0 Å². The fourth-order valence-corrected chi connectivity index (χ4v) is 5.94. The first-order chi connectivity index (χ1) is 30.8. The molecule has 0 atom stereocenters. The minimum Gasteiger partial charge on any atom is -0.482 e. The van der Waals surface area contributed by atoms with E-state index < -0.39 is 36.3 Å². The van der Waals surface area contributed by atoms with Crippen molar-refractivity contribution in [3.8, 4) is 34.4 Å². The number of nitrogens with one attached hydrogen (secondary N) is 2. The van der Waals surface area contributed by atoms with Gasteiger partial charge >= 0.3 is 24.1 Å². The molecule has 0 aliphatic heterocycles. The van der Waals surface area contributed by atoms with Gasteiger partial charge in [-0.25, -0.2) is 29.1 Å². The molecule has 16 nitrogen and oxygen atoms in total. The lowest BCUT2D eigenvalue weighted by molar-refractivity contribution is -0.152. The number of carbonyl (C=O) groups is 4. The highest BCUT2D eigenvalue weighted by molar-refractivity contribution is 5.76. The van der Waals surface area contributed by atoms with Gasteiger partial charge in [-0.2, -0.15) is 0 Å². The van der Waals surface area contributed by atoms with Crippen molar-refractivity contribution >= 4 is 24.1 Å². The summed E-state index contributed by atoms with van der Waals surface area (Å²) in [6.07, 6.45) is 1.44. The fourth-order valence-electron chi connectivity index (χ4n) is 5.94. The van der Waals surface area contributed by atoms with Crippen molar-refractivity contribution in [2.45, 2.75) is 72.1 Å².